The highest BCUT2D eigenvalue weighted by atomic mass is 16.5. The summed E-state index contributed by atoms with van der Waals surface area (Å²) in [7, 11) is 4.96. The van der Waals surface area contributed by atoms with Crippen LogP contribution in [0.3, 0.4) is 0 Å². The van der Waals surface area contributed by atoms with E-state index in [0.29, 0.717) is 69.5 Å². The molecule has 324 valence electrons. The maximum Gasteiger partial charge on any atom is 0.322 e. The van der Waals surface area contributed by atoms with Crippen molar-refractivity contribution in [2.24, 2.45) is 11.3 Å². The average Bonchev–Trinajstić information content (AvgIpc) is 3.89. The van der Waals surface area contributed by atoms with Gasteiger partial charge in [-0.15, -0.1) is 0 Å². The molecule has 3 fully saturated rings. The van der Waals surface area contributed by atoms with Gasteiger partial charge in [0.1, 0.15) is 17.3 Å². The maximum absolute atomic E-state index is 15.4. The Labute approximate surface area is 353 Å². The molecule has 2 bridgehead atoms. The Bertz CT molecular complexity index is 2250. The largest absolute Gasteiger partial charge is 0.496 e. The number of rotatable bonds is 7. The number of carbonyl (C=O) groups excluding carboxylic acids is 2. The molecule has 1 spiro atoms. The molecule has 13 nitrogen and oxygen atoms in total. The van der Waals surface area contributed by atoms with Crippen molar-refractivity contribution in [3.8, 4) is 5.75 Å². The second kappa shape index (κ2) is 14.0. The third-order valence-electron chi connectivity index (χ3n) is 15.8. The van der Waals surface area contributed by atoms with E-state index in [9.17, 15) is 20.1 Å². The van der Waals surface area contributed by atoms with Gasteiger partial charge < -0.3 is 34.7 Å². The third kappa shape index (κ3) is 5.51. The van der Waals surface area contributed by atoms with Gasteiger partial charge in [0.05, 0.1) is 25.9 Å². The van der Waals surface area contributed by atoms with E-state index in [-0.39, 0.29) is 12.0 Å². The fourth-order valence-corrected chi connectivity index (χ4v) is 13.4. The van der Waals surface area contributed by atoms with E-state index < -0.39 is 57.0 Å². The summed E-state index contributed by atoms with van der Waals surface area (Å²) in [5, 5.41) is 39.1. The zero-order chi connectivity index (χ0) is 42.8. The molecule has 60 heavy (non-hydrogen) atoms. The molecule has 1 aliphatic carbocycles. The number of aromatic nitrogens is 1. The van der Waals surface area contributed by atoms with Gasteiger partial charge in [-0.1, -0.05) is 44.2 Å². The van der Waals surface area contributed by atoms with Crippen LogP contribution >= 0.6 is 0 Å². The number of piperidine rings is 1. The van der Waals surface area contributed by atoms with Gasteiger partial charge in [-0.05, 0) is 95.0 Å². The van der Waals surface area contributed by atoms with Gasteiger partial charge in [-0.25, -0.2) is 5.43 Å². The zero-order valence-corrected chi connectivity index (χ0v) is 36.5. The van der Waals surface area contributed by atoms with Crippen LogP contribution in [0, 0.1) is 11.3 Å². The minimum atomic E-state index is -2.28. The number of aliphatic hydroxyl groups is 3. The number of aliphatic hydroxyl groups excluding tert-OH is 1. The number of hydrogen-bond donors (Lipinski definition) is 6. The lowest BCUT2D eigenvalue weighted by Gasteiger charge is -2.63. The number of esters is 1. The van der Waals surface area contributed by atoms with Gasteiger partial charge in [0.2, 0.25) is 0 Å². The lowest BCUT2D eigenvalue weighted by molar-refractivity contribution is -0.204. The molecule has 13 heteroatoms. The van der Waals surface area contributed by atoms with Crippen molar-refractivity contribution in [3.05, 3.63) is 70.9 Å². The zero-order valence-electron chi connectivity index (χ0n) is 36.5. The Morgan fingerprint density at radius 1 is 1.02 bits per heavy atom. The molecule has 10 atom stereocenters. The second-order valence-electron chi connectivity index (χ2n) is 20.0. The summed E-state index contributed by atoms with van der Waals surface area (Å²) in [5.41, 5.74) is 3.97. The van der Waals surface area contributed by atoms with Crippen molar-refractivity contribution in [1.82, 2.24) is 25.6 Å². The third-order valence-corrected chi connectivity index (χ3v) is 15.8. The number of anilines is 1. The number of amides is 1. The molecule has 6 heterocycles. The number of methoxy groups -OCH3 is 2. The average molecular weight is 825 g/mol. The first kappa shape index (κ1) is 41.4. The fourth-order valence-electron chi connectivity index (χ4n) is 13.4. The highest BCUT2D eigenvalue weighted by Gasteiger charge is 2.78. The van der Waals surface area contributed by atoms with E-state index in [0.717, 1.165) is 46.5 Å². The van der Waals surface area contributed by atoms with Gasteiger partial charge in [0.25, 0.3) is 5.91 Å². The van der Waals surface area contributed by atoms with Crippen LogP contribution in [-0.2, 0) is 31.6 Å². The lowest BCUT2D eigenvalue weighted by atomic mass is 9.47. The molecule has 1 saturated carbocycles. The van der Waals surface area contributed by atoms with Crippen LogP contribution in [0.4, 0.5) is 5.69 Å². The Morgan fingerprint density at radius 3 is 2.48 bits per heavy atom. The Hall–Kier alpha value is -3.98. The minimum Gasteiger partial charge on any atom is -0.496 e. The highest BCUT2D eigenvalue weighted by molar-refractivity contribution is 5.95. The van der Waals surface area contributed by atoms with Crippen molar-refractivity contribution in [1.29, 1.82) is 0 Å². The van der Waals surface area contributed by atoms with Crippen LogP contribution in [0.1, 0.15) is 89.1 Å². The Morgan fingerprint density at radius 2 is 1.78 bits per heavy atom. The van der Waals surface area contributed by atoms with E-state index in [1.807, 2.05) is 70.8 Å². The summed E-state index contributed by atoms with van der Waals surface area (Å²) >= 11 is 0. The molecule has 3 aromatic rings. The normalized spacial score (nSPS) is 37.0. The minimum absolute atomic E-state index is 0.0844. The van der Waals surface area contributed by atoms with E-state index in [4.69, 9.17) is 9.47 Å². The van der Waals surface area contributed by atoms with E-state index in [1.165, 1.54) is 7.11 Å². The molecular formula is C47H64N6O7. The van der Waals surface area contributed by atoms with Crippen LogP contribution in [0.2, 0.25) is 0 Å². The molecule has 9 rings (SSSR count). The van der Waals surface area contributed by atoms with E-state index >= 15 is 4.79 Å². The van der Waals surface area contributed by atoms with E-state index in [1.54, 1.807) is 7.11 Å². The predicted molar refractivity (Wildman–Crippen MR) is 230 cm³/mol. The monoisotopic (exact) mass is 824 g/mol. The second-order valence-corrected chi connectivity index (χ2v) is 20.0. The van der Waals surface area contributed by atoms with Crippen LogP contribution in [0.25, 0.3) is 10.9 Å². The van der Waals surface area contributed by atoms with Gasteiger partial charge in [-0.3, -0.25) is 24.8 Å². The maximum atomic E-state index is 15.4. The van der Waals surface area contributed by atoms with Crippen molar-refractivity contribution in [3.63, 3.8) is 0 Å². The number of hydrogen-bond acceptors (Lipinski definition) is 11. The smallest absolute Gasteiger partial charge is 0.322 e. The molecule has 1 aromatic heterocycles. The number of para-hydroxylation sites is 1. The number of carbonyl (C=O) groups is 2. The van der Waals surface area contributed by atoms with Crippen LogP contribution in [0.15, 0.2) is 48.6 Å². The highest BCUT2D eigenvalue weighted by Crippen LogP contribution is 2.67. The molecule has 1 amide bonds. The van der Waals surface area contributed by atoms with Crippen molar-refractivity contribution >= 4 is 28.5 Å². The number of nitrogens with one attached hydrogen (secondary N) is 3. The summed E-state index contributed by atoms with van der Waals surface area (Å²) < 4.78 is 12.4. The van der Waals surface area contributed by atoms with E-state index in [2.05, 4.69) is 49.9 Å². The first-order valence-corrected chi connectivity index (χ1v) is 22.0. The predicted octanol–water partition coefficient (Wildman–Crippen LogP) is 3.67. The standard InChI is InChI=1S/C47H64N6O7/c1-9-43(57)24-28-25-46(41(56)60-8,36-30(16-20-52(26-28)27-43)29-14-11-12-15-33(29)48-36)32-22-31-34(23-35(32)59-7)51(6)38-45(31)18-21-53-19-13-17-44(10-2,37(45)53)39(54)47(38,58)40(55)49-50-42(3,4)5/h11-15,17,22-23,28,37-39,48,50,54,57-58H,9-10,16,18-21,24-27H2,1-8H3,(H,49,55)/t28?,37-,38+,39+,43-,44+,45+,46-,47-/m0/s1. The molecular weight excluding hydrogens is 761 g/mol. The molecule has 2 aromatic carbocycles. The molecule has 0 radical (unpaired) electrons. The molecule has 2 saturated heterocycles. The molecule has 6 aliphatic rings. The fraction of sp³-hybridized carbons (Fsp3) is 0.617. The summed E-state index contributed by atoms with van der Waals surface area (Å²) in [4.78, 5) is 40.6. The Kier molecular flexibility index (Phi) is 9.67. The van der Waals surface area contributed by atoms with Crippen LogP contribution in [-0.4, -0.2) is 131 Å². The summed E-state index contributed by atoms with van der Waals surface area (Å²) in [6.07, 6.45) is 5.87. The first-order chi connectivity index (χ1) is 28.5. The van der Waals surface area contributed by atoms with Gasteiger partial charge in [0.15, 0.2) is 5.60 Å². The number of fused-ring (bicyclic) bond motifs is 6. The summed E-state index contributed by atoms with van der Waals surface area (Å²) in [5.74, 6) is -0.724. The first-order valence-electron chi connectivity index (χ1n) is 22.0. The number of nitrogens with zero attached hydrogens (tertiary/aromatic N) is 3. The van der Waals surface area contributed by atoms with Gasteiger partial charge in [-0.2, -0.15) is 0 Å². The lowest BCUT2D eigenvalue weighted by Crippen LogP contribution is -2.82. The number of likely N-dealkylation sites (N-methyl/N-ethyl adjacent to an activating group) is 1. The van der Waals surface area contributed by atoms with Gasteiger partial charge >= 0.3 is 5.97 Å². The van der Waals surface area contributed by atoms with Crippen molar-refractivity contribution in [2.75, 3.05) is 58.9 Å². The number of H-pyrrole nitrogens is 1. The summed E-state index contributed by atoms with van der Waals surface area (Å²) in [6.45, 7) is 13.2. The van der Waals surface area contributed by atoms with Crippen molar-refractivity contribution < 1.29 is 34.4 Å². The molecule has 5 aliphatic heterocycles. The SMILES string of the molecule is CC[C@]1(O)CC2CN(CCc3c([nH]c4ccccc34)[C@@](C(=O)OC)(c3cc4c(cc3OC)N(C)[C@H]3[C@@](O)(C(=O)NNC(C)(C)C)[C@H](O)[C@]5(CC)C=CCN6CC[C@]43[C@@H]65)C2)C1. The van der Waals surface area contributed by atoms with Crippen molar-refractivity contribution in [2.45, 2.75) is 119 Å². The number of ether oxygens (including phenoxy) is 2. The molecule has 2 unspecified atom stereocenters. The number of hydrazine groups is 1. The van der Waals surface area contributed by atoms with Crippen LogP contribution in [0.5, 0.6) is 5.75 Å². The van der Waals surface area contributed by atoms with Crippen LogP contribution < -0.4 is 20.5 Å². The number of aromatic amines is 1. The molecule has 6 N–H and O–H groups in total. The summed E-state index contributed by atoms with van der Waals surface area (Å²) in [6, 6.07) is 11.1. The number of benzene rings is 2. The topological polar surface area (TPSA) is 163 Å². The Balaban J connectivity index is 1.33. The quantitative estimate of drug-likeness (QED) is 0.117. The van der Waals surface area contributed by atoms with Gasteiger partial charge in [0, 0.05) is 89.6 Å².